The molecule has 6 heteroatoms. The Morgan fingerprint density at radius 1 is 0.893 bits per heavy atom. The largest absolute Gasteiger partial charge is 0.334 e. The van der Waals surface area contributed by atoms with E-state index >= 15 is 0 Å². The molecule has 0 unspecified atom stereocenters. The van der Waals surface area contributed by atoms with E-state index in [9.17, 15) is 4.79 Å². The minimum Gasteiger partial charge on any atom is -0.334 e. The minimum absolute atomic E-state index is 0.0692. The first-order valence-corrected chi connectivity index (χ1v) is 11.2. The lowest BCUT2D eigenvalue weighted by atomic mass is 10.2. The van der Waals surface area contributed by atoms with Crippen molar-refractivity contribution in [2.75, 3.05) is 24.5 Å². The van der Waals surface area contributed by atoms with Crippen molar-refractivity contribution in [1.82, 2.24) is 4.90 Å². The Labute approximate surface area is 174 Å². The van der Waals surface area contributed by atoms with E-state index in [0.29, 0.717) is 13.1 Å². The number of carbonyl (C=O) groups excluding carboxylic acids is 1. The number of hydrogen-bond donors (Lipinski definition) is 0. The number of thioether (sulfide) groups is 2. The van der Waals surface area contributed by atoms with Crippen LogP contribution in [0.4, 0.5) is 5.69 Å². The molecule has 2 aliphatic heterocycles. The molecule has 2 aromatic rings. The van der Waals surface area contributed by atoms with Gasteiger partial charge in [0.15, 0.2) is 5.17 Å². The average molecular weight is 410 g/mol. The Balaban J connectivity index is 1.59. The van der Waals surface area contributed by atoms with Crippen LogP contribution in [-0.4, -0.2) is 35.6 Å². The van der Waals surface area contributed by atoms with Gasteiger partial charge in [-0.25, -0.2) is 0 Å². The predicted octanol–water partition coefficient (Wildman–Crippen LogP) is 4.98. The number of likely N-dealkylation sites (N-methyl/N-ethyl adjacent to an activating group) is 1. The average Bonchev–Trinajstić information content (AvgIpc) is 3.25. The molecule has 0 spiro atoms. The van der Waals surface area contributed by atoms with Crippen LogP contribution in [0.3, 0.4) is 0 Å². The zero-order chi connectivity index (χ0) is 19.5. The molecule has 0 aromatic heterocycles. The molecular weight excluding hydrogens is 386 g/mol. The van der Waals surface area contributed by atoms with Gasteiger partial charge < -0.3 is 4.90 Å². The van der Waals surface area contributed by atoms with Gasteiger partial charge in [-0.3, -0.25) is 14.7 Å². The molecule has 0 aliphatic carbocycles. The third-order valence-electron chi connectivity index (χ3n) is 4.79. The maximum Gasteiger partial charge on any atom is 0.269 e. The maximum atomic E-state index is 13.1. The van der Waals surface area contributed by atoms with Crippen LogP contribution in [0.2, 0.25) is 0 Å². The molecule has 0 atom stereocenters. The Bertz CT molecular complexity index is 940. The summed E-state index contributed by atoms with van der Waals surface area (Å²) in [4.78, 5) is 23.9. The van der Waals surface area contributed by atoms with Gasteiger partial charge in [0, 0.05) is 24.5 Å². The minimum atomic E-state index is 0.0692. The molecule has 2 heterocycles. The smallest absolute Gasteiger partial charge is 0.269 e. The van der Waals surface area contributed by atoms with Crippen LogP contribution in [0.25, 0.3) is 0 Å². The van der Waals surface area contributed by atoms with Gasteiger partial charge in [-0.15, -0.1) is 0 Å². The van der Waals surface area contributed by atoms with Crippen molar-refractivity contribution >= 4 is 40.3 Å². The highest BCUT2D eigenvalue weighted by atomic mass is 32.2. The fraction of sp³-hybridized carbons (Fsp3) is 0.273. The van der Waals surface area contributed by atoms with Crippen molar-refractivity contribution in [3.63, 3.8) is 0 Å². The van der Waals surface area contributed by atoms with Gasteiger partial charge in [0.2, 0.25) is 0 Å². The Hall–Kier alpha value is -2.18. The molecule has 2 aromatic carbocycles. The third kappa shape index (κ3) is 3.59. The summed E-state index contributed by atoms with van der Waals surface area (Å²) in [5.41, 5.74) is 2.45. The Morgan fingerprint density at radius 3 is 2.36 bits per heavy atom. The summed E-state index contributed by atoms with van der Waals surface area (Å²) in [5, 5.41) is 1.85. The second kappa shape index (κ2) is 8.45. The molecule has 0 bridgehead atoms. The highest BCUT2D eigenvalue weighted by molar-refractivity contribution is 8.19. The van der Waals surface area contributed by atoms with Crippen LogP contribution in [0.5, 0.6) is 0 Å². The number of nitrogens with zero attached hydrogens (tertiary/aromatic N) is 3. The summed E-state index contributed by atoms with van der Waals surface area (Å²) in [7, 11) is 0. The molecule has 1 amide bonds. The van der Waals surface area contributed by atoms with Crippen molar-refractivity contribution in [3.8, 4) is 0 Å². The summed E-state index contributed by atoms with van der Waals surface area (Å²) < 4.78 is 0. The van der Waals surface area contributed by atoms with Crippen molar-refractivity contribution in [2.45, 2.75) is 25.2 Å². The van der Waals surface area contributed by atoms with Crippen LogP contribution < -0.4 is 4.90 Å². The number of amides is 1. The van der Waals surface area contributed by atoms with Crippen molar-refractivity contribution < 1.29 is 4.79 Å². The molecule has 0 saturated carbocycles. The van der Waals surface area contributed by atoms with Crippen LogP contribution >= 0.6 is 23.5 Å². The zero-order valence-electron chi connectivity index (χ0n) is 16.1. The quantitative estimate of drug-likeness (QED) is 0.653. The molecular formula is C22H23N3OS2. The van der Waals surface area contributed by atoms with E-state index < -0.39 is 0 Å². The predicted molar refractivity (Wildman–Crippen MR) is 120 cm³/mol. The molecule has 0 radical (unpaired) electrons. The fourth-order valence-electron chi connectivity index (χ4n) is 3.37. The van der Waals surface area contributed by atoms with E-state index in [1.54, 1.807) is 16.7 Å². The summed E-state index contributed by atoms with van der Waals surface area (Å²) in [6, 6.07) is 18.7. The molecule has 1 saturated heterocycles. The molecule has 0 N–H and O–H groups in total. The van der Waals surface area contributed by atoms with E-state index in [2.05, 4.69) is 36.1 Å². The summed E-state index contributed by atoms with van der Waals surface area (Å²) in [5.74, 6) is 0.0692. The SMILES string of the molecule is CCN1C(=O)/C(=C2/Sc3ccccc3N2CC)SC1=NCCc1ccccc1. The lowest BCUT2D eigenvalue weighted by Crippen LogP contribution is -2.29. The highest BCUT2D eigenvalue weighted by Crippen LogP contribution is 2.50. The van der Waals surface area contributed by atoms with Gasteiger partial charge in [0.25, 0.3) is 5.91 Å². The molecule has 4 nitrogen and oxygen atoms in total. The van der Waals surface area contributed by atoms with Crippen LogP contribution in [-0.2, 0) is 11.2 Å². The molecule has 1 fully saturated rings. The number of para-hydroxylation sites is 1. The summed E-state index contributed by atoms with van der Waals surface area (Å²) in [6.07, 6.45) is 0.879. The topological polar surface area (TPSA) is 35.9 Å². The molecule has 28 heavy (non-hydrogen) atoms. The number of rotatable bonds is 5. The molecule has 144 valence electrons. The van der Waals surface area contributed by atoms with E-state index in [4.69, 9.17) is 4.99 Å². The van der Waals surface area contributed by atoms with Crippen molar-refractivity contribution in [1.29, 1.82) is 0 Å². The van der Waals surface area contributed by atoms with Gasteiger partial charge in [-0.2, -0.15) is 0 Å². The number of fused-ring (bicyclic) bond motifs is 1. The number of anilines is 1. The van der Waals surface area contributed by atoms with E-state index in [1.165, 1.54) is 27.9 Å². The number of hydrogen-bond acceptors (Lipinski definition) is 5. The standard InChI is InChI=1S/C22H23N3OS2/c1-3-24-17-12-8-9-13-18(17)27-21(24)19-20(26)25(4-2)22(28-19)23-15-14-16-10-6-5-7-11-16/h5-13H,3-4,14-15H2,1-2H3/b21-19-,23-22?. The van der Waals surface area contributed by atoms with E-state index in [-0.39, 0.29) is 5.91 Å². The number of aliphatic imine (C=N–C) groups is 1. The second-order valence-corrected chi connectivity index (χ2v) is 8.51. The third-order valence-corrected chi connectivity index (χ3v) is 7.20. The maximum absolute atomic E-state index is 13.1. The van der Waals surface area contributed by atoms with Gasteiger partial charge in [-0.05, 0) is 49.7 Å². The lowest BCUT2D eigenvalue weighted by Gasteiger charge is -2.19. The highest BCUT2D eigenvalue weighted by Gasteiger charge is 2.38. The number of benzene rings is 2. The first-order valence-electron chi connectivity index (χ1n) is 9.59. The van der Waals surface area contributed by atoms with Crippen LogP contribution in [0.15, 0.2) is 74.4 Å². The first kappa shape index (κ1) is 19.2. The normalized spacial score (nSPS) is 20.4. The van der Waals surface area contributed by atoms with Gasteiger partial charge in [0.1, 0.15) is 9.93 Å². The monoisotopic (exact) mass is 409 g/mol. The van der Waals surface area contributed by atoms with Crippen LogP contribution in [0, 0.1) is 0 Å². The van der Waals surface area contributed by atoms with Gasteiger partial charge in [-0.1, -0.05) is 54.2 Å². The van der Waals surface area contributed by atoms with Gasteiger partial charge in [0.05, 0.1) is 5.69 Å². The number of carbonyl (C=O) groups is 1. The molecule has 4 rings (SSSR count). The fourth-order valence-corrected chi connectivity index (χ4v) is 5.84. The van der Waals surface area contributed by atoms with E-state index in [1.807, 2.05) is 37.3 Å². The Morgan fingerprint density at radius 2 is 1.61 bits per heavy atom. The summed E-state index contributed by atoms with van der Waals surface area (Å²) >= 11 is 3.20. The zero-order valence-corrected chi connectivity index (χ0v) is 17.7. The molecule has 2 aliphatic rings. The Kier molecular flexibility index (Phi) is 5.78. The van der Waals surface area contributed by atoms with Crippen molar-refractivity contribution in [3.05, 3.63) is 70.1 Å². The number of amidine groups is 1. The van der Waals surface area contributed by atoms with Crippen LogP contribution in [0.1, 0.15) is 19.4 Å². The van der Waals surface area contributed by atoms with Gasteiger partial charge >= 0.3 is 0 Å². The second-order valence-electron chi connectivity index (χ2n) is 6.50. The lowest BCUT2D eigenvalue weighted by molar-refractivity contribution is -0.122. The first-order chi connectivity index (χ1) is 13.7. The van der Waals surface area contributed by atoms with Crippen molar-refractivity contribution in [2.24, 2.45) is 4.99 Å². The van der Waals surface area contributed by atoms with E-state index in [0.717, 1.165) is 28.1 Å². The summed E-state index contributed by atoms with van der Waals surface area (Å²) in [6.45, 7) is 6.29.